The highest BCUT2D eigenvalue weighted by atomic mass is 15.0. The van der Waals surface area contributed by atoms with Crippen molar-refractivity contribution in [3.05, 3.63) is 127 Å². The first kappa shape index (κ1) is 20.0. The van der Waals surface area contributed by atoms with Gasteiger partial charge in [0.25, 0.3) is 0 Å². The molecule has 0 unspecified atom stereocenters. The van der Waals surface area contributed by atoms with Crippen LogP contribution in [0.25, 0.3) is 82.7 Å². The lowest BCUT2D eigenvalue weighted by molar-refractivity contribution is 1.18. The quantitative estimate of drug-likeness (QED) is 0.253. The van der Waals surface area contributed by atoms with Crippen LogP contribution >= 0.6 is 0 Å². The van der Waals surface area contributed by atoms with Gasteiger partial charge in [-0.2, -0.15) is 0 Å². The summed E-state index contributed by atoms with van der Waals surface area (Å²) in [5, 5.41) is 6.52. The molecule has 2 aromatic heterocycles. The first-order valence-corrected chi connectivity index (χ1v) is 13.1. The maximum absolute atomic E-state index is 3.72. The molecule has 6 aromatic carbocycles. The van der Waals surface area contributed by atoms with Crippen molar-refractivity contribution in [2.45, 2.75) is 0 Å². The van der Waals surface area contributed by atoms with Gasteiger partial charge in [0.15, 0.2) is 0 Å². The third kappa shape index (κ3) is 2.56. The maximum Gasteiger partial charge on any atom is 0.0551 e. The lowest BCUT2D eigenvalue weighted by atomic mass is 9.99. The molecule has 9 rings (SSSR count). The second kappa shape index (κ2) is 7.24. The van der Waals surface area contributed by atoms with Gasteiger partial charge in [0.05, 0.1) is 16.7 Å². The highest BCUT2D eigenvalue weighted by Gasteiger charge is 2.25. The highest BCUT2D eigenvalue weighted by molar-refractivity contribution is 6.21. The summed E-state index contributed by atoms with van der Waals surface area (Å²) in [5.74, 6) is 0. The fourth-order valence-corrected chi connectivity index (χ4v) is 6.61. The smallest absolute Gasteiger partial charge is 0.0551 e. The fourth-order valence-electron chi connectivity index (χ4n) is 6.61. The average molecular weight is 483 g/mol. The van der Waals surface area contributed by atoms with E-state index in [1.54, 1.807) is 0 Å². The molecule has 0 fully saturated rings. The topological polar surface area (TPSA) is 20.7 Å². The normalized spacial score (nSPS) is 12.2. The molecule has 0 amide bonds. The fraction of sp³-hybridized carbons (Fsp3) is 0. The molecule has 38 heavy (non-hydrogen) atoms. The number of aromatic amines is 1. The van der Waals surface area contributed by atoms with E-state index in [1.165, 1.54) is 82.7 Å². The standard InChI is InChI=1S/C36H22N2/c1-3-13-32-26(9-1)27-10-2-4-14-33(27)38(32)25-18-15-22(16-19-25)24-17-20-31-30(21-24)35-28-11-5-7-23-8-6-12-29(34(23)28)36(35)37-31/h1-21,37H. The maximum atomic E-state index is 3.72. The minimum atomic E-state index is 1.18. The Balaban J connectivity index is 1.19. The van der Waals surface area contributed by atoms with Crippen molar-refractivity contribution in [3.63, 3.8) is 0 Å². The van der Waals surface area contributed by atoms with Crippen LogP contribution in [-0.2, 0) is 0 Å². The van der Waals surface area contributed by atoms with Crippen LogP contribution in [0.5, 0.6) is 0 Å². The van der Waals surface area contributed by atoms with E-state index in [-0.39, 0.29) is 0 Å². The number of nitrogens with one attached hydrogen (secondary N) is 1. The van der Waals surface area contributed by atoms with Gasteiger partial charge in [-0.3, -0.25) is 0 Å². The van der Waals surface area contributed by atoms with Crippen molar-refractivity contribution < 1.29 is 0 Å². The molecule has 0 aliphatic heterocycles. The zero-order valence-corrected chi connectivity index (χ0v) is 20.6. The lowest BCUT2D eigenvalue weighted by Gasteiger charge is -2.10. The summed E-state index contributed by atoms with van der Waals surface area (Å²) < 4.78 is 2.37. The molecule has 0 saturated heterocycles. The molecule has 0 spiro atoms. The Kier molecular flexibility index (Phi) is 3.82. The first-order chi connectivity index (χ1) is 18.8. The van der Waals surface area contributed by atoms with Crippen LogP contribution in [0, 0.1) is 0 Å². The number of hydrogen-bond donors (Lipinski definition) is 1. The Morgan fingerprint density at radius 1 is 0.500 bits per heavy atom. The van der Waals surface area contributed by atoms with Crippen molar-refractivity contribution in [1.82, 2.24) is 9.55 Å². The van der Waals surface area contributed by atoms with Crippen molar-refractivity contribution in [2.24, 2.45) is 0 Å². The number of para-hydroxylation sites is 2. The van der Waals surface area contributed by atoms with Crippen molar-refractivity contribution in [1.29, 1.82) is 0 Å². The average Bonchev–Trinajstić information content (AvgIpc) is 3.62. The van der Waals surface area contributed by atoms with Crippen LogP contribution < -0.4 is 0 Å². The largest absolute Gasteiger partial charge is 0.354 e. The molecule has 2 heterocycles. The van der Waals surface area contributed by atoms with Crippen LogP contribution in [-0.4, -0.2) is 9.55 Å². The molecular weight excluding hydrogens is 460 g/mol. The summed E-state index contributed by atoms with van der Waals surface area (Å²) in [6.07, 6.45) is 0. The molecule has 2 heteroatoms. The monoisotopic (exact) mass is 482 g/mol. The first-order valence-electron chi connectivity index (χ1n) is 13.1. The molecule has 176 valence electrons. The van der Waals surface area contributed by atoms with Gasteiger partial charge < -0.3 is 9.55 Å². The second-order valence-corrected chi connectivity index (χ2v) is 10.3. The van der Waals surface area contributed by atoms with Gasteiger partial charge in [0, 0.05) is 38.5 Å². The number of benzene rings is 6. The van der Waals surface area contributed by atoms with Crippen molar-refractivity contribution in [2.75, 3.05) is 0 Å². The van der Waals surface area contributed by atoms with E-state index in [0.717, 1.165) is 0 Å². The molecule has 1 aliphatic carbocycles. The van der Waals surface area contributed by atoms with E-state index in [2.05, 4.69) is 137 Å². The Hall–Kier alpha value is -5.08. The predicted octanol–water partition coefficient (Wildman–Crippen LogP) is 9.73. The number of H-pyrrole nitrogens is 1. The molecule has 8 aromatic rings. The van der Waals surface area contributed by atoms with E-state index in [1.807, 2.05) is 0 Å². The Morgan fingerprint density at radius 3 is 1.89 bits per heavy atom. The zero-order valence-electron chi connectivity index (χ0n) is 20.6. The lowest BCUT2D eigenvalue weighted by Crippen LogP contribution is -1.93. The number of hydrogen-bond acceptors (Lipinski definition) is 0. The summed E-state index contributed by atoms with van der Waals surface area (Å²) in [4.78, 5) is 3.72. The summed E-state index contributed by atoms with van der Waals surface area (Å²) in [6.45, 7) is 0. The van der Waals surface area contributed by atoms with Crippen LogP contribution in [0.15, 0.2) is 127 Å². The van der Waals surface area contributed by atoms with Crippen molar-refractivity contribution >= 4 is 43.5 Å². The molecule has 1 N–H and O–H groups in total. The molecule has 0 bridgehead atoms. The van der Waals surface area contributed by atoms with Crippen LogP contribution in [0.3, 0.4) is 0 Å². The molecule has 2 nitrogen and oxygen atoms in total. The van der Waals surface area contributed by atoms with E-state index in [9.17, 15) is 0 Å². The minimum absolute atomic E-state index is 1.18. The summed E-state index contributed by atoms with van der Waals surface area (Å²) in [5.41, 5.74) is 12.5. The van der Waals surface area contributed by atoms with Gasteiger partial charge >= 0.3 is 0 Å². The molecule has 0 saturated carbocycles. The van der Waals surface area contributed by atoms with Crippen LogP contribution in [0.4, 0.5) is 0 Å². The second-order valence-electron chi connectivity index (χ2n) is 10.3. The van der Waals surface area contributed by atoms with E-state index in [4.69, 9.17) is 0 Å². The Labute approximate surface area is 219 Å². The van der Waals surface area contributed by atoms with Gasteiger partial charge in [0.2, 0.25) is 0 Å². The van der Waals surface area contributed by atoms with Gasteiger partial charge in [-0.05, 0) is 63.9 Å². The summed E-state index contributed by atoms with van der Waals surface area (Å²) >= 11 is 0. The van der Waals surface area contributed by atoms with E-state index < -0.39 is 0 Å². The SMILES string of the molecule is c1cc2c3c(cccc3c1)-c1c-2[nH]c2ccc(-c3ccc(-n4c5ccccc5c5ccccc54)cc3)cc12. The van der Waals surface area contributed by atoms with Crippen LogP contribution in [0.1, 0.15) is 0 Å². The van der Waals surface area contributed by atoms with Crippen molar-refractivity contribution in [3.8, 4) is 39.2 Å². The molecular formula is C36H22N2. The summed E-state index contributed by atoms with van der Waals surface area (Å²) in [6, 6.07) is 46.4. The van der Waals surface area contributed by atoms with E-state index in [0.29, 0.717) is 0 Å². The predicted molar refractivity (Wildman–Crippen MR) is 160 cm³/mol. The van der Waals surface area contributed by atoms with Gasteiger partial charge in [-0.15, -0.1) is 0 Å². The van der Waals surface area contributed by atoms with Gasteiger partial charge in [0.1, 0.15) is 0 Å². The molecule has 0 atom stereocenters. The zero-order chi connectivity index (χ0) is 24.8. The van der Waals surface area contributed by atoms with Gasteiger partial charge in [-0.1, -0.05) is 91.0 Å². The Morgan fingerprint density at radius 2 is 1.16 bits per heavy atom. The third-order valence-electron chi connectivity index (χ3n) is 8.28. The third-order valence-corrected chi connectivity index (χ3v) is 8.28. The number of rotatable bonds is 2. The number of nitrogens with zero attached hydrogens (tertiary/aromatic N) is 1. The summed E-state index contributed by atoms with van der Waals surface area (Å²) in [7, 11) is 0. The highest BCUT2D eigenvalue weighted by Crippen LogP contribution is 2.50. The Bertz CT molecular complexity index is 2170. The van der Waals surface area contributed by atoms with E-state index >= 15 is 0 Å². The number of fused-ring (bicyclic) bond motifs is 8. The minimum Gasteiger partial charge on any atom is -0.354 e. The van der Waals surface area contributed by atoms with Crippen LogP contribution in [0.2, 0.25) is 0 Å². The number of aromatic nitrogens is 2. The molecule has 1 aliphatic rings. The van der Waals surface area contributed by atoms with Gasteiger partial charge in [-0.25, -0.2) is 0 Å². The molecule has 0 radical (unpaired) electrons.